The van der Waals surface area contributed by atoms with E-state index in [4.69, 9.17) is 4.43 Å². The van der Waals surface area contributed by atoms with Crippen molar-refractivity contribution in [2.75, 3.05) is 0 Å². The van der Waals surface area contributed by atoms with E-state index in [0.717, 1.165) is 5.56 Å². The zero-order valence-corrected chi connectivity index (χ0v) is 13.6. The van der Waals surface area contributed by atoms with Gasteiger partial charge in [-0.05, 0) is 42.2 Å². The van der Waals surface area contributed by atoms with Crippen LogP contribution in [0.2, 0.25) is 18.1 Å². The summed E-state index contributed by atoms with van der Waals surface area (Å²) < 4.78 is 19.7. The highest BCUT2D eigenvalue weighted by Crippen LogP contribution is 2.37. The van der Waals surface area contributed by atoms with E-state index in [-0.39, 0.29) is 10.6 Å². The minimum atomic E-state index is -1.84. The van der Waals surface area contributed by atoms with Crippen molar-refractivity contribution in [2.24, 2.45) is 0 Å². The molecule has 106 valence electrons. The Balaban J connectivity index is 2.88. The number of benzene rings is 1. The third-order valence-corrected chi connectivity index (χ3v) is 8.40. The molecule has 1 aromatic carbocycles. The Morgan fingerprint density at radius 3 is 2.32 bits per heavy atom. The first-order valence-electron chi connectivity index (χ1n) is 6.46. The third kappa shape index (κ3) is 3.73. The lowest BCUT2D eigenvalue weighted by molar-refractivity contribution is 0.111. The van der Waals surface area contributed by atoms with Crippen molar-refractivity contribution in [2.45, 2.75) is 52.4 Å². The van der Waals surface area contributed by atoms with Gasteiger partial charge in [-0.15, -0.1) is 0 Å². The van der Waals surface area contributed by atoms with E-state index >= 15 is 0 Å². The molecular weight excluding hydrogens is 259 g/mol. The SMILES string of the molecule is Cc1cc(CO[Si](C)(C)C(C)(C)C)cc(F)c1C=O. The summed E-state index contributed by atoms with van der Waals surface area (Å²) in [6, 6.07) is 3.21. The van der Waals surface area contributed by atoms with Gasteiger partial charge in [-0.1, -0.05) is 26.8 Å². The van der Waals surface area contributed by atoms with Crippen molar-refractivity contribution >= 4 is 14.6 Å². The fraction of sp³-hybridized carbons (Fsp3) is 0.533. The van der Waals surface area contributed by atoms with Crippen LogP contribution in [0.1, 0.15) is 42.3 Å². The summed E-state index contributed by atoms with van der Waals surface area (Å²) in [5.41, 5.74) is 1.57. The molecule has 0 heterocycles. The molecule has 0 fully saturated rings. The monoisotopic (exact) mass is 282 g/mol. The highest BCUT2D eigenvalue weighted by Gasteiger charge is 2.37. The lowest BCUT2D eigenvalue weighted by Gasteiger charge is -2.36. The molecule has 0 bridgehead atoms. The molecular formula is C15H23FO2Si. The number of hydrogen-bond donors (Lipinski definition) is 0. The Morgan fingerprint density at radius 2 is 1.89 bits per heavy atom. The molecule has 0 aromatic heterocycles. The van der Waals surface area contributed by atoms with E-state index in [1.54, 1.807) is 6.92 Å². The molecule has 0 spiro atoms. The highest BCUT2D eigenvalue weighted by molar-refractivity contribution is 6.74. The Kier molecular flexibility index (Phi) is 4.69. The average molecular weight is 282 g/mol. The lowest BCUT2D eigenvalue weighted by Crippen LogP contribution is -2.40. The van der Waals surface area contributed by atoms with Gasteiger partial charge in [0.15, 0.2) is 14.6 Å². The number of aryl methyl sites for hydroxylation is 1. The first kappa shape index (κ1) is 16.1. The van der Waals surface area contributed by atoms with Gasteiger partial charge < -0.3 is 4.43 Å². The maximum atomic E-state index is 13.7. The molecule has 0 radical (unpaired) electrons. The molecule has 0 atom stereocenters. The van der Waals surface area contributed by atoms with Gasteiger partial charge in [0.05, 0.1) is 12.2 Å². The average Bonchev–Trinajstić information content (AvgIpc) is 2.24. The number of aldehydes is 1. The number of carbonyl (C=O) groups is 1. The second kappa shape index (κ2) is 5.55. The van der Waals surface area contributed by atoms with Crippen LogP contribution in [0, 0.1) is 12.7 Å². The van der Waals surface area contributed by atoms with Gasteiger partial charge in [-0.3, -0.25) is 4.79 Å². The third-order valence-electron chi connectivity index (χ3n) is 3.92. The van der Waals surface area contributed by atoms with Crippen molar-refractivity contribution in [1.29, 1.82) is 0 Å². The molecule has 0 N–H and O–H groups in total. The van der Waals surface area contributed by atoms with Gasteiger partial charge in [0.25, 0.3) is 0 Å². The molecule has 0 amide bonds. The Morgan fingerprint density at radius 1 is 1.32 bits per heavy atom. The van der Waals surface area contributed by atoms with E-state index in [1.165, 1.54) is 6.07 Å². The van der Waals surface area contributed by atoms with Crippen LogP contribution in [0.25, 0.3) is 0 Å². The maximum Gasteiger partial charge on any atom is 0.192 e. The number of halogens is 1. The molecule has 0 unspecified atom stereocenters. The zero-order valence-electron chi connectivity index (χ0n) is 12.6. The molecule has 4 heteroatoms. The van der Waals surface area contributed by atoms with Crippen LogP contribution in [0.5, 0.6) is 0 Å². The minimum Gasteiger partial charge on any atom is -0.413 e. The van der Waals surface area contributed by atoms with Gasteiger partial charge in [-0.2, -0.15) is 0 Å². The Hall–Kier alpha value is -1.00. The summed E-state index contributed by atoms with van der Waals surface area (Å²) in [4.78, 5) is 10.7. The second-order valence-electron chi connectivity index (χ2n) is 6.48. The van der Waals surface area contributed by atoms with Crippen LogP contribution in [-0.4, -0.2) is 14.6 Å². The molecule has 0 saturated carbocycles. The summed E-state index contributed by atoms with van der Waals surface area (Å²) in [7, 11) is -1.84. The number of hydrogen-bond acceptors (Lipinski definition) is 2. The smallest absolute Gasteiger partial charge is 0.192 e. The van der Waals surface area contributed by atoms with E-state index in [2.05, 4.69) is 33.9 Å². The molecule has 2 nitrogen and oxygen atoms in total. The summed E-state index contributed by atoms with van der Waals surface area (Å²) in [5, 5.41) is 0.128. The molecule has 0 aliphatic rings. The summed E-state index contributed by atoms with van der Waals surface area (Å²) in [5.74, 6) is -0.469. The number of rotatable bonds is 4. The van der Waals surface area contributed by atoms with E-state index < -0.39 is 14.1 Å². The topological polar surface area (TPSA) is 26.3 Å². The van der Waals surface area contributed by atoms with Crippen LogP contribution in [-0.2, 0) is 11.0 Å². The molecule has 0 aliphatic heterocycles. The van der Waals surface area contributed by atoms with E-state index in [0.29, 0.717) is 18.5 Å². The zero-order chi connectivity index (χ0) is 14.8. The van der Waals surface area contributed by atoms with Crippen LogP contribution >= 0.6 is 0 Å². The van der Waals surface area contributed by atoms with E-state index in [9.17, 15) is 9.18 Å². The van der Waals surface area contributed by atoms with Crippen molar-refractivity contribution in [1.82, 2.24) is 0 Å². The van der Waals surface area contributed by atoms with Crippen LogP contribution in [0.15, 0.2) is 12.1 Å². The summed E-state index contributed by atoms with van der Waals surface area (Å²) in [6.07, 6.45) is 0.559. The normalized spacial score (nSPS) is 12.6. The largest absolute Gasteiger partial charge is 0.413 e. The molecule has 0 aliphatic carbocycles. The fourth-order valence-electron chi connectivity index (χ4n) is 1.54. The molecule has 1 rings (SSSR count). The quantitative estimate of drug-likeness (QED) is 0.601. The summed E-state index contributed by atoms with van der Waals surface area (Å²) in [6.45, 7) is 13.0. The van der Waals surface area contributed by atoms with Crippen molar-refractivity contribution in [3.63, 3.8) is 0 Å². The number of carbonyl (C=O) groups excluding carboxylic acids is 1. The van der Waals surface area contributed by atoms with E-state index in [1.807, 2.05) is 6.07 Å². The lowest BCUT2D eigenvalue weighted by atomic mass is 10.1. The van der Waals surface area contributed by atoms with Crippen molar-refractivity contribution in [3.8, 4) is 0 Å². The highest BCUT2D eigenvalue weighted by atomic mass is 28.4. The predicted octanol–water partition coefficient (Wildman–Crippen LogP) is 4.47. The first-order chi connectivity index (χ1) is 8.58. The minimum absolute atomic E-state index is 0.128. The summed E-state index contributed by atoms with van der Waals surface area (Å²) >= 11 is 0. The molecule has 19 heavy (non-hydrogen) atoms. The van der Waals surface area contributed by atoms with Crippen LogP contribution in [0.4, 0.5) is 4.39 Å². The first-order valence-corrected chi connectivity index (χ1v) is 9.37. The van der Waals surface area contributed by atoms with Gasteiger partial charge in [-0.25, -0.2) is 4.39 Å². The fourth-order valence-corrected chi connectivity index (χ4v) is 2.50. The van der Waals surface area contributed by atoms with Crippen molar-refractivity contribution < 1.29 is 13.6 Å². The second-order valence-corrected chi connectivity index (χ2v) is 11.3. The van der Waals surface area contributed by atoms with Crippen LogP contribution < -0.4 is 0 Å². The maximum absolute atomic E-state index is 13.7. The Labute approximate surface area is 116 Å². The van der Waals surface area contributed by atoms with Crippen LogP contribution in [0.3, 0.4) is 0 Å². The van der Waals surface area contributed by atoms with Gasteiger partial charge in [0.1, 0.15) is 5.82 Å². The standard InChI is InChI=1S/C15H23FO2Si/c1-11-7-12(8-14(16)13(11)9-17)10-18-19(5,6)15(2,3)4/h7-9H,10H2,1-6H3. The Bertz CT molecular complexity index is 453. The predicted molar refractivity (Wildman–Crippen MR) is 78.5 cm³/mol. The van der Waals surface area contributed by atoms with Crippen molar-refractivity contribution in [3.05, 3.63) is 34.6 Å². The van der Waals surface area contributed by atoms with Gasteiger partial charge in [0, 0.05) is 0 Å². The van der Waals surface area contributed by atoms with Gasteiger partial charge >= 0.3 is 0 Å². The van der Waals surface area contributed by atoms with Gasteiger partial charge in [0.2, 0.25) is 0 Å². The molecule has 0 saturated heterocycles. The molecule has 1 aromatic rings.